The minimum atomic E-state index is -4.49. The fourth-order valence-electron chi connectivity index (χ4n) is 2.43. The van der Waals surface area contributed by atoms with Gasteiger partial charge in [-0.05, 0) is 37.3 Å². The Balaban J connectivity index is 2.18. The molecule has 0 aliphatic heterocycles. The molecule has 2 aromatic carbocycles. The number of aromatic nitrogens is 2. The Morgan fingerprint density at radius 2 is 1.76 bits per heavy atom. The predicted molar refractivity (Wildman–Crippen MR) is 85.7 cm³/mol. The van der Waals surface area contributed by atoms with Gasteiger partial charge in [0, 0.05) is 5.56 Å². The molecule has 0 saturated heterocycles. The quantitative estimate of drug-likeness (QED) is 0.756. The van der Waals surface area contributed by atoms with Crippen molar-refractivity contribution in [2.24, 2.45) is 0 Å². The third-order valence-electron chi connectivity index (χ3n) is 3.69. The number of carbonyl (C=O) groups is 1. The van der Waals surface area contributed by atoms with Crippen molar-refractivity contribution in [2.75, 3.05) is 0 Å². The van der Waals surface area contributed by atoms with Crippen LogP contribution in [0.25, 0.3) is 16.9 Å². The molecule has 25 heavy (non-hydrogen) atoms. The van der Waals surface area contributed by atoms with Gasteiger partial charge in [-0.2, -0.15) is 18.3 Å². The van der Waals surface area contributed by atoms with E-state index in [-0.39, 0.29) is 17.0 Å². The predicted octanol–water partition coefficient (Wildman–Crippen LogP) is 4.56. The summed E-state index contributed by atoms with van der Waals surface area (Å²) in [6, 6.07) is 13.1. The van der Waals surface area contributed by atoms with Gasteiger partial charge in [-0.3, -0.25) is 0 Å². The fourth-order valence-corrected chi connectivity index (χ4v) is 2.43. The largest absolute Gasteiger partial charge is 0.476 e. The number of alkyl halides is 3. The van der Waals surface area contributed by atoms with E-state index in [0.29, 0.717) is 5.69 Å². The maximum Gasteiger partial charge on any atom is 0.416 e. The second-order valence-corrected chi connectivity index (χ2v) is 5.55. The zero-order chi connectivity index (χ0) is 18.2. The molecular formula is C18H13F3N2O2. The van der Waals surface area contributed by atoms with Crippen LogP contribution >= 0.6 is 0 Å². The Hall–Kier alpha value is -3.09. The molecule has 0 bridgehead atoms. The molecule has 7 heteroatoms. The number of benzene rings is 2. The lowest BCUT2D eigenvalue weighted by atomic mass is 10.1. The Morgan fingerprint density at radius 3 is 2.36 bits per heavy atom. The minimum absolute atomic E-state index is 0.232. The highest BCUT2D eigenvalue weighted by molar-refractivity contribution is 5.87. The number of carboxylic acids is 1. The number of carboxylic acid groups (broad SMARTS) is 1. The molecule has 0 saturated carbocycles. The molecule has 0 radical (unpaired) electrons. The molecule has 1 aromatic heterocycles. The monoisotopic (exact) mass is 346 g/mol. The van der Waals surface area contributed by atoms with E-state index in [1.165, 1.54) is 22.9 Å². The average molecular weight is 346 g/mol. The number of halogens is 3. The molecule has 1 heterocycles. The van der Waals surface area contributed by atoms with Gasteiger partial charge in [-0.1, -0.05) is 29.8 Å². The van der Waals surface area contributed by atoms with E-state index in [2.05, 4.69) is 5.10 Å². The molecule has 0 fully saturated rings. The van der Waals surface area contributed by atoms with Crippen molar-refractivity contribution in [2.45, 2.75) is 13.1 Å². The minimum Gasteiger partial charge on any atom is -0.476 e. The first-order chi connectivity index (χ1) is 11.8. The Bertz CT molecular complexity index is 928. The molecule has 128 valence electrons. The molecule has 0 amide bonds. The molecule has 1 N–H and O–H groups in total. The van der Waals surface area contributed by atoms with Gasteiger partial charge in [0.15, 0.2) is 5.69 Å². The van der Waals surface area contributed by atoms with Gasteiger partial charge >= 0.3 is 12.1 Å². The zero-order valence-electron chi connectivity index (χ0n) is 13.1. The molecule has 3 aromatic rings. The van der Waals surface area contributed by atoms with E-state index >= 15 is 0 Å². The van der Waals surface area contributed by atoms with Gasteiger partial charge in [0.25, 0.3) is 0 Å². The number of nitrogens with zero attached hydrogens (tertiary/aromatic N) is 2. The highest BCUT2D eigenvalue weighted by Crippen LogP contribution is 2.33. The number of aromatic carboxylic acids is 1. The molecule has 0 aliphatic carbocycles. The molecule has 0 atom stereocenters. The SMILES string of the molecule is Cc1ccc(-n2nc(C(=O)O)cc2-c2cccc(C(F)(F)F)c2)cc1. The first-order valence-electron chi connectivity index (χ1n) is 7.34. The number of rotatable bonds is 3. The van der Waals surface area contributed by atoms with E-state index in [4.69, 9.17) is 0 Å². The first-order valence-corrected chi connectivity index (χ1v) is 7.34. The van der Waals surface area contributed by atoms with Gasteiger partial charge in [-0.15, -0.1) is 0 Å². The Kier molecular flexibility index (Phi) is 4.08. The third-order valence-corrected chi connectivity index (χ3v) is 3.69. The average Bonchev–Trinajstić information content (AvgIpc) is 3.00. The number of hydrogen-bond acceptors (Lipinski definition) is 2. The van der Waals surface area contributed by atoms with Crippen LogP contribution in [-0.2, 0) is 6.18 Å². The van der Waals surface area contributed by atoms with Crippen molar-refractivity contribution >= 4 is 5.97 Å². The zero-order valence-corrected chi connectivity index (χ0v) is 13.1. The number of hydrogen-bond donors (Lipinski definition) is 1. The lowest BCUT2D eigenvalue weighted by Crippen LogP contribution is -2.05. The maximum atomic E-state index is 13.0. The third kappa shape index (κ3) is 3.40. The lowest BCUT2D eigenvalue weighted by Gasteiger charge is -2.11. The summed E-state index contributed by atoms with van der Waals surface area (Å²) in [5.74, 6) is -1.25. The van der Waals surface area contributed by atoms with Crippen molar-refractivity contribution in [3.63, 3.8) is 0 Å². The normalized spacial score (nSPS) is 11.5. The van der Waals surface area contributed by atoms with Crippen LogP contribution in [0.2, 0.25) is 0 Å². The van der Waals surface area contributed by atoms with E-state index < -0.39 is 17.7 Å². The number of aryl methyl sites for hydroxylation is 1. The molecule has 0 aliphatic rings. The molecule has 3 rings (SSSR count). The highest BCUT2D eigenvalue weighted by atomic mass is 19.4. The van der Waals surface area contributed by atoms with Crippen LogP contribution in [0.1, 0.15) is 21.6 Å². The van der Waals surface area contributed by atoms with Gasteiger partial charge in [0.1, 0.15) is 0 Å². The van der Waals surface area contributed by atoms with Crippen LogP contribution in [0.3, 0.4) is 0 Å². The van der Waals surface area contributed by atoms with E-state index in [1.54, 1.807) is 12.1 Å². The summed E-state index contributed by atoms with van der Waals surface area (Å²) in [5.41, 5.74) is 1.01. The van der Waals surface area contributed by atoms with Gasteiger partial charge in [0.2, 0.25) is 0 Å². The van der Waals surface area contributed by atoms with Crippen LogP contribution in [0.15, 0.2) is 54.6 Å². The molecule has 4 nitrogen and oxygen atoms in total. The van der Waals surface area contributed by atoms with Crippen LogP contribution in [0.4, 0.5) is 13.2 Å². The van der Waals surface area contributed by atoms with Crippen LogP contribution in [0.5, 0.6) is 0 Å². The van der Waals surface area contributed by atoms with Gasteiger partial charge in [0.05, 0.1) is 16.9 Å². The lowest BCUT2D eigenvalue weighted by molar-refractivity contribution is -0.137. The van der Waals surface area contributed by atoms with Crippen LogP contribution in [-0.4, -0.2) is 20.9 Å². The summed E-state index contributed by atoms with van der Waals surface area (Å²) in [6.07, 6.45) is -4.49. The second kappa shape index (κ2) is 6.08. The van der Waals surface area contributed by atoms with E-state index in [9.17, 15) is 23.1 Å². The molecule has 0 unspecified atom stereocenters. The van der Waals surface area contributed by atoms with Crippen LogP contribution in [0, 0.1) is 6.92 Å². The molecular weight excluding hydrogens is 333 g/mol. The Labute approximate surface area is 141 Å². The summed E-state index contributed by atoms with van der Waals surface area (Å²) < 4.78 is 40.2. The molecule has 0 spiro atoms. The van der Waals surface area contributed by atoms with Gasteiger partial charge in [-0.25, -0.2) is 9.48 Å². The Morgan fingerprint density at radius 1 is 1.08 bits per heavy atom. The standard InChI is InChI=1S/C18H13F3N2O2/c1-11-5-7-14(8-6-11)23-16(10-15(22-23)17(24)25)12-3-2-4-13(9-12)18(19,20)21/h2-10H,1H3,(H,24,25). The summed E-state index contributed by atoms with van der Waals surface area (Å²) in [4.78, 5) is 11.3. The first kappa shape index (κ1) is 16.8. The summed E-state index contributed by atoms with van der Waals surface area (Å²) in [5, 5.41) is 13.2. The van der Waals surface area contributed by atoms with Crippen molar-refractivity contribution in [1.82, 2.24) is 9.78 Å². The summed E-state index contributed by atoms with van der Waals surface area (Å²) in [6.45, 7) is 1.89. The summed E-state index contributed by atoms with van der Waals surface area (Å²) >= 11 is 0. The van der Waals surface area contributed by atoms with Crippen LogP contribution < -0.4 is 0 Å². The van der Waals surface area contributed by atoms with Crippen molar-refractivity contribution in [1.29, 1.82) is 0 Å². The fraction of sp³-hybridized carbons (Fsp3) is 0.111. The van der Waals surface area contributed by atoms with Crippen molar-refractivity contribution in [3.8, 4) is 16.9 Å². The summed E-state index contributed by atoms with van der Waals surface area (Å²) in [7, 11) is 0. The van der Waals surface area contributed by atoms with Crippen molar-refractivity contribution in [3.05, 3.63) is 71.4 Å². The second-order valence-electron chi connectivity index (χ2n) is 5.55. The van der Waals surface area contributed by atoms with Gasteiger partial charge < -0.3 is 5.11 Å². The highest BCUT2D eigenvalue weighted by Gasteiger charge is 2.31. The van der Waals surface area contributed by atoms with Crippen molar-refractivity contribution < 1.29 is 23.1 Å². The van der Waals surface area contributed by atoms with E-state index in [0.717, 1.165) is 17.7 Å². The smallest absolute Gasteiger partial charge is 0.416 e. The van der Waals surface area contributed by atoms with E-state index in [1.807, 2.05) is 19.1 Å². The topological polar surface area (TPSA) is 55.1 Å². The maximum absolute atomic E-state index is 13.0.